The minimum Gasteiger partial charge on any atom is -0.464 e. The molecule has 0 fully saturated rings. The van der Waals surface area contributed by atoms with Crippen LogP contribution in [0.1, 0.15) is 17.5 Å². The van der Waals surface area contributed by atoms with Crippen LogP contribution in [-0.2, 0) is 0 Å². The maximum Gasteiger partial charge on any atom is 0.392 e. The van der Waals surface area contributed by atoms with Crippen LogP contribution in [0.4, 0.5) is 13.2 Å². The van der Waals surface area contributed by atoms with E-state index in [0.717, 1.165) is 16.8 Å². The van der Waals surface area contributed by atoms with E-state index in [4.69, 9.17) is 4.74 Å². The van der Waals surface area contributed by atoms with E-state index in [-0.39, 0.29) is 17.0 Å². The monoisotopic (exact) mass is 352 g/mol. The van der Waals surface area contributed by atoms with Crippen LogP contribution < -0.4 is 10.3 Å². The van der Waals surface area contributed by atoms with Gasteiger partial charge in [0.1, 0.15) is 12.0 Å². The molecule has 1 N–H and O–H groups in total. The lowest BCUT2D eigenvalue weighted by Crippen LogP contribution is -2.16. The first-order chi connectivity index (χ1) is 11.7. The Morgan fingerprint density at radius 1 is 1.28 bits per heavy atom. The molecule has 0 aliphatic carbocycles. The van der Waals surface area contributed by atoms with Crippen molar-refractivity contribution in [3.63, 3.8) is 0 Å². The molecule has 0 aliphatic heterocycles. The van der Waals surface area contributed by atoms with E-state index in [2.05, 4.69) is 15.1 Å². The summed E-state index contributed by atoms with van der Waals surface area (Å²) in [7, 11) is 0. The van der Waals surface area contributed by atoms with Crippen molar-refractivity contribution >= 4 is 11.0 Å². The molecule has 0 aliphatic rings. The van der Waals surface area contributed by atoms with E-state index in [1.54, 1.807) is 0 Å². The number of aryl methyl sites for hydroxylation is 2. The lowest BCUT2D eigenvalue weighted by molar-refractivity contribution is -0.139. The molecule has 0 atom stereocenters. The summed E-state index contributed by atoms with van der Waals surface area (Å²) in [5.41, 5.74) is 2.41. The highest BCUT2D eigenvalue weighted by atomic mass is 19.4. The molecule has 25 heavy (non-hydrogen) atoms. The average molecular weight is 352 g/mol. The first-order valence-corrected chi connectivity index (χ1v) is 7.50. The van der Waals surface area contributed by atoms with Crippen LogP contribution in [0, 0.1) is 13.8 Å². The minimum absolute atomic E-state index is 0.103. The first kappa shape index (κ1) is 17.0. The lowest BCUT2D eigenvalue weighted by Gasteiger charge is -2.07. The van der Waals surface area contributed by atoms with Crippen molar-refractivity contribution in [2.24, 2.45) is 0 Å². The third-order valence-corrected chi connectivity index (χ3v) is 3.59. The summed E-state index contributed by atoms with van der Waals surface area (Å²) in [6.45, 7) is 3.25. The van der Waals surface area contributed by atoms with Crippen molar-refractivity contribution < 1.29 is 17.9 Å². The summed E-state index contributed by atoms with van der Waals surface area (Å²) in [6, 6.07) is 5.47. The number of nitrogens with zero attached hydrogens (tertiary/aromatic N) is 3. The predicted molar refractivity (Wildman–Crippen MR) is 85.1 cm³/mol. The Kier molecular flexibility index (Phi) is 4.23. The molecule has 6 nitrogen and oxygen atoms in total. The summed E-state index contributed by atoms with van der Waals surface area (Å²) >= 11 is 0. The third kappa shape index (κ3) is 3.81. The van der Waals surface area contributed by atoms with E-state index < -0.39 is 24.8 Å². The number of rotatable bonds is 4. The molecule has 0 spiro atoms. The summed E-state index contributed by atoms with van der Waals surface area (Å²) in [5, 5.41) is 4.46. The fraction of sp³-hybridized carbons (Fsp3) is 0.312. The van der Waals surface area contributed by atoms with Crippen LogP contribution in [0.25, 0.3) is 16.7 Å². The van der Waals surface area contributed by atoms with Gasteiger partial charge in [-0.25, -0.2) is 4.68 Å². The number of aromatic amines is 1. The van der Waals surface area contributed by atoms with Gasteiger partial charge in [-0.15, -0.1) is 5.10 Å². The number of fused-ring (bicyclic) bond motifs is 1. The number of hydrogen-bond donors (Lipinski definition) is 1. The molecule has 132 valence electrons. The number of ether oxygens (including phenoxy) is 1. The maximum atomic E-state index is 12.2. The van der Waals surface area contributed by atoms with Gasteiger partial charge in [0.2, 0.25) is 0 Å². The number of nitrogens with one attached hydrogen (secondary N) is 1. The second-order valence-electron chi connectivity index (χ2n) is 5.69. The van der Waals surface area contributed by atoms with Gasteiger partial charge >= 0.3 is 6.18 Å². The second kappa shape index (κ2) is 6.23. The van der Waals surface area contributed by atoms with Gasteiger partial charge < -0.3 is 4.74 Å². The zero-order valence-electron chi connectivity index (χ0n) is 13.5. The molecular formula is C16H15F3N4O2. The Labute approximate surface area is 140 Å². The highest BCUT2D eigenvalue weighted by Crippen LogP contribution is 2.20. The van der Waals surface area contributed by atoms with E-state index in [1.165, 1.54) is 10.9 Å². The molecule has 3 rings (SSSR count). The summed E-state index contributed by atoms with van der Waals surface area (Å²) in [5.74, 6) is 0. The Morgan fingerprint density at radius 2 is 2.04 bits per heavy atom. The number of benzene rings is 1. The van der Waals surface area contributed by atoms with E-state index >= 15 is 0 Å². The van der Waals surface area contributed by atoms with E-state index in [0.29, 0.717) is 0 Å². The van der Waals surface area contributed by atoms with Gasteiger partial charge in [-0.1, -0.05) is 17.7 Å². The molecule has 0 saturated heterocycles. The Balaban J connectivity index is 1.92. The molecule has 0 saturated carbocycles. The zero-order valence-corrected chi connectivity index (χ0v) is 13.5. The molecule has 3 aromatic rings. The van der Waals surface area contributed by atoms with Crippen LogP contribution >= 0.6 is 0 Å². The van der Waals surface area contributed by atoms with Crippen LogP contribution in [-0.4, -0.2) is 32.5 Å². The van der Waals surface area contributed by atoms with Crippen LogP contribution in [0.5, 0.6) is 6.01 Å². The van der Waals surface area contributed by atoms with Gasteiger partial charge in [0.15, 0.2) is 5.65 Å². The van der Waals surface area contributed by atoms with Crippen LogP contribution in [0.3, 0.4) is 0 Å². The van der Waals surface area contributed by atoms with Gasteiger partial charge in [-0.05, 0) is 25.5 Å². The number of H-pyrrole nitrogens is 1. The molecule has 0 amide bonds. The summed E-state index contributed by atoms with van der Waals surface area (Å²) in [6.07, 6.45) is -3.95. The first-order valence-electron chi connectivity index (χ1n) is 7.50. The van der Waals surface area contributed by atoms with Crippen LogP contribution in [0.2, 0.25) is 0 Å². The summed E-state index contributed by atoms with van der Waals surface area (Å²) < 4.78 is 42.9. The minimum atomic E-state index is -4.34. The van der Waals surface area contributed by atoms with Gasteiger partial charge in [-0.2, -0.15) is 18.2 Å². The number of alkyl halides is 3. The van der Waals surface area contributed by atoms with Gasteiger partial charge in [0.25, 0.3) is 11.6 Å². The fourth-order valence-corrected chi connectivity index (χ4v) is 2.41. The molecule has 9 heteroatoms. The van der Waals surface area contributed by atoms with E-state index in [9.17, 15) is 18.0 Å². The van der Waals surface area contributed by atoms with Gasteiger partial charge in [0, 0.05) is 6.20 Å². The van der Waals surface area contributed by atoms with Gasteiger partial charge in [-0.3, -0.25) is 9.78 Å². The lowest BCUT2D eigenvalue weighted by atomic mass is 10.1. The molecule has 1 aromatic carbocycles. The molecule has 0 radical (unpaired) electrons. The number of halogens is 3. The highest BCUT2D eigenvalue weighted by molar-refractivity contribution is 5.73. The largest absolute Gasteiger partial charge is 0.464 e. The molecule has 0 unspecified atom stereocenters. The SMILES string of the molecule is Cc1ccc(-n2cc3c(=O)[nH]c(OCCC(F)(F)F)nc3n2)c(C)c1. The van der Waals surface area contributed by atoms with Crippen LogP contribution in [0.15, 0.2) is 29.2 Å². The summed E-state index contributed by atoms with van der Waals surface area (Å²) in [4.78, 5) is 18.4. The number of hydrogen-bond acceptors (Lipinski definition) is 4. The van der Waals surface area contributed by atoms with Crippen molar-refractivity contribution in [1.82, 2.24) is 19.7 Å². The quantitative estimate of drug-likeness (QED) is 0.783. The topological polar surface area (TPSA) is 72.8 Å². The van der Waals surface area contributed by atoms with Gasteiger partial charge in [0.05, 0.1) is 12.1 Å². The smallest absolute Gasteiger partial charge is 0.392 e. The Bertz CT molecular complexity index is 976. The maximum absolute atomic E-state index is 12.2. The standard InChI is InChI=1S/C16H15F3N4O2/c1-9-3-4-12(10(2)7-9)23-8-11-13(22-23)20-15(21-14(11)24)25-6-5-16(17,18)19/h3-4,7-8H,5-6H2,1-2H3,(H,20,21,22,24). The number of aromatic nitrogens is 4. The molecule has 2 heterocycles. The highest BCUT2D eigenvalue weighted by Gasteiger charge is 2.27. The van der Waals surface area contributed by atoms with Crippen molar-refractivity contribution in [3.8, 4) is 11.7 Å². The van der Waals surface area contributed by atoms with Crippen molar-refractivity contribution in [2.45, 2.75) is 26.4 Å². The Hall–Kier alpha value is -2.84. The second-order valence-corrected chi connectivity index (χ2v) is 5.69. The predicted octanol–water partition coefficient (Wildman–Crippen LogP) is 3.06. The molecular weight excluding hydrogens is 337 g/mol. The zero-order chi connectivity index (χ0) is 18.2. The van der Waals surface area contributed by atoms with E-state index in [1.807, 2.05) is 32.0 Å². The third-order valence-electron chi connectivity index (χ3n) is 3.59. The average Bonchev–Trinajstić information content (AvgIpc) is 2.90. The van der Waals surface area contributed by atoms with Crippen molar-refractivity contribution in [2.75, 3.05) is 6.61 Å². The van der Waals surface area contributed by atoms with Crippen molar-refractivity contribution in [3.05, 3.63) is 45.9 Å². The van der Waals surface area contributed by atoms with Crippen molar-refractivity contribution in [1.29, 1.82) is 0 Å². The fourth-order valence-electron chi connectivity index (χ4n) is 2.41. The Morgan fingerprint density at radius 3 is 2.72 bits per heavy atom. The molecule has 0 bridgehead atoms. The molecule has 2 aromatic heterocycles. The normalized spacial score (nSPS) is 11.9.